The summed E-state index contributed by atoms with van der Waals surface area (Å²) in [6, 6.07) is 30.8. The van der Waals surface area contributed by atoms with Crippen LogP contribution in [-0.2, 0) is 0 Å². The van der Waals surface area contributed by atoms with Gasteiger partial charge in [0.05, 0.1) is 0 Å². The van der Waals surface area contributed by atoms with Gasteiger partial charge in [0.25, 0.3) is 0 Å². The molecule has 0 amide bonds. The van der Waals surface area contributed by atoms with Gasteiger partial charge < -0.3 is 0 Å². The van der Waals surface area contributed by atoms with Crippen molar-refractivity contribution in [1.82, 2.24) is 0 Å². The zero-order valence-electron chi connectivity index (χ0n) is 16.4. The zero-order chi connectivity index (χ0) is 19.3. The second kappa shape index (κ2) is 8.35. The molecule has 3 aromatic rings. The Morgan fingerprint density at radius 2 is 1.15 bits per heavy atom. The molecular weight excluding hydrogens is 328 g/mol. The summed E-state index contributed by atoms with van der Waals surface area (Å²) in [5.74, 6) is 0.574. The SMILES string of the molecule is CC(C)(C)[C@@H](c1ccccc1)[C@H](CC(=O)c1ccccc1)c1ccccc1. The van der Waals surface area contributed by atoms with Crippen LogP contribution >= 0.6 is 0 Å². The van der Waals surface area contributed by atoms with Gasteiger partial charge in [-0.3, -0.25) is 4.79 Å². The van der Waals surface area contributed by atoms with Crippen LogP contribution in [0.3, 0.4) is 0 Å². The molecule has 0 unspecified atom stereocenters. The average molecular weight is 357 g/mol. The summed E-state index contributed by atoms with van der Waals surface area (Å²) in [6.45, 7) is 6.81. The Labute approximate surface area is 163 Å². The number of benzene rings is 3. The Hall–Kier alpha value is -2.67. The molecule has 0 aliphatic carbocycles. The van der Waals surface area contributed by atoms with E-state index in [4.69, 9.17) is 0 Å². The minimum absolute atomic E-state index is 0.0266. The number of ketones is 1. The molecular formula is C26H28O. The Kier molecular flexibility index (Phi) is 5.91. The molecule has 0 radical (unpaired) electrons. The van der Waals surface area contributed by atoms with E-state index in [2.05, 4.69) is 75.4 Å². The van der Waals surface area contributed by atoms with Gasteiger partial charge in [-0.15, -0.1) is 0 Å². The minimum atomic E-state index is 0.0266. The second-order valence-corrected chi connectivity index (χ2v) is 8.26. The third-order valence-corrected chi connectivity index (χ3v) is 5.22. The third kappa shape index (κ3) is 4.74. The van der Waals surface area contributed by atoms with Crippen molar-refractivity contribution in [2.24, 2.45) is 5.41 Å². The molecule has 0 saturated carbocycles. The number of hydrogen-bond donors (Lipinski definition) is 0. The zero-order valence-corrected chi connectivity index (χ0v) is 16.4. The van der Waals surface area contributed by atoms with E-state index < -0.39 is 0 Å². The van der Waals surface area contributed by atoms with Crippen molar-refractivity contribution in [3.63, 3.8) is 0 Å². The van der Waals surface area contributed by atoms with E-state index >= 15 is 0 Å². The molecule has 0 N–H and O–H groups in total. The Bertz CT molecular complexity index is 845. The molecule has 138 valence electrons. The topological polar surface area (TPSA) is 17.1 Å². The maximum atomic E-state index is 13.1. The first-order valence-electron chi connectivity index (χ1n) is 9.65. The van der Waals surface area contributed by atoms with Gasteiger partial charge in [0.15, 0.2) is 5.78 Å². The first kappa shape index (κ1) is 19.1. The third-order valence-electron chi connectivity index (χ3n) is 5.22. The Morgan fingerprint density at radius 1 is 0.704 bits per heavy atom. The molecule has 27 heavy (non-hydrogen) atoms. The van der Waals surface area contributed by atoms with E-state index in [9.17, 15) is 4.79 Å². The highest BCUT2D eigenvalue weighted by Gasteiger charge is 2.35. The highest BCUT2D eigenvalue weighted by Crippen LogP contribution is 2.47. The summed E-state index contributed by atoms with van der Waals surface area (Å²) in [7, 11) is 0. The van der Waals surface area contributed by atoms with Gasteiger partial charge in [0.2, 0.25) is 0 Å². The first-order chi connectivity index (χ1) is 13.0. The maximum absolute atomic E-state index is 13.1. The summed E-state index contributed by atoms with van der Waals surface area (Å²) in [4.78, 5) is 13.1. The largest absolute Gasteiger partial charge is 0.294 e. The van der Waals surface area contributed by atoms with Crippen LogP contribution in [-0.4, -0.2) is 5.78 Å². The smallest absolute Gasteiger partial charge is 0.163 e. The summed E-state index contributed by atoms with van der Waals surface area (Å²) in [5, 5.41) is 0. The molecule has 0 aromatic heterocycles. The van der Waals surface area contributed by atoms with E-state index in [1.54, 1.807) is 0 Å². The Balaban J connectivity index is 2.04. The van der Waals surface area contributed by atoms with Crippen molar-refractivity contribution in [3.05, 3.63) is 108 Å². The Morgan fingerprint density at radius 3 is 1.63 bits per heavy atom. The van der Waals surface area contributed by atoms with Gasteiger partial charge in [-0.1, -0.05) is 112 Å². The first-order valence-corrected chi connectivity index (χ1v) is 9.65. The molecule has 1 nitrogen and oxygen atoms in total. The van der Waals surface area contributed by atoms with Crippen LogP contribution in [0.1, 0.15) is 60.5 Å². The van der Waals surface area contributed by atoms with Crippen molar-refractivity contribution in [1.29, 1.82) is 0 Å². The lowest BCUT2D eigenvalue weighted by Gasteiger charge is -2.38. The second-order valence-electron chi connectivity index (χ2n) is 8.26. The van der Waals surface area contributed by atoms with Gasteiger partial charge in [-0.05, 0) is 28.4 Å². The highest BCUT2D eigenvalue weighted by molar-refractivity contribution is 5.96. The summed E-state index contributed by atoms with van der Waals surface area (Å²) >= 11 is 0. The van der Waals surface area contributed by atoms with E-state index in [1.807, 2.05) is 36.4 Å². The summed E-state index contributed by atoms with van der Waals surface area (Å²) < 4.78 is 0. The normalized spacial score (nSPS) is 13.7. The molecule has 1 heteroatoms. The van der Waals surface area contributed by atoms with Gasteiger partial charge >= 0.3 is 0 Å². The van der Waals surface area contributed by atoms with E-state index in [0.717, 1.165) is 5.56 Å². The predicted molar refractivity (Wildman–Crippen MR) is 113 cm³/mol. The van der Waals surface area contributed by atoms with Gasteiger partial charge in [0, 0.05) is 12.0 Å². The number of rotatable bonds is 6. The molecule has 3 aromatic carbocycles. The van der Waals surface area contributed by atoms with Gasteiger partial charge in [-0.2, -0.15) is 0 Å². The lowest BCUT2D eigenvalue weighted by Crippen LogP contribution is -2.27. The molecule has 0 fully saturated rings. The van der Waals surface area contributed by atoms with Crippen molar-refractivity contribution in [2.45, 2.75) is 39.0 Å². The van der Waals surface area contributed by atoms with Crippen molar-refractivity contribution in [3.8, 4) is 0 Å². The van der Waals surface area contributed by atoms with E-state index in [-0.39, 0.29) is 23.0 Å². The fraction of sp³-hybridized carbons (Fsp3) is 0.269. The lowest BCUT2D eigenvalue weighted by atomic mass is 9.66. The average Bonchev–Trinajstić information content (AvgIpc) is 2.68. The molecule has 0 saturated heterocycles. The molecule has 0 heterocycles. The molecule has 0 aliphatic rings. The monoisotopic (exact) mass is 356 g/mol. The molecule has 0 aliphatic heterocycles. The number of hydrogen-bond acceptors (Lipinski definition) is 1. The van der Waals surface area contributed by atoms with Gasteiger partial charge in [0.1, 0.15) is 0 Å². The van der Waals surface area contributed by atoms with Crippen LogP contribution in [0.2, 0.25) is 0 Å². The van der Waals surface area contributed by atoms with Crippen molar-refractivity contribution >= 4 is 5.78 Å². The van der Waals surface area contributed by atoms with Crippen LogP contribution in [0.4, 0.5) is 0 Å². The van der Waals surface area contributed by atoms with Crippen LogP contribution in [0.25, 0.3) is 0 Å². The van der Waals surface area contributed by atoms with Crippen molar-refractivity contribution in [2.75, 3.05) is 0 Å². The minimum Gasteiger partial charge on any atom is -0.294 e. The number of carbonyl (C=O) groups is 1. The summed E-state index contributed by atoms with van der Waals surface area (Å²) in [5.41, 5.74) is 3.34. The highest BCUT2D eigenvalue weighted by atomic mass is 16.1. The van der Waals surface area contributed by atoms with Gasteiger partial charge in [-0.25, -0.2) is 0 Å². The number of carbonyl (C=O) groups excluding carboxylic acids is 1. The van der Waals surface area contributed by atoms with Crippen LogP contribution < -0.4 is 0 Å². The molecule has 0 spiro atoms. The quantitative estimate of drug-likeness (QED) is 0.440. The fourth-order valence-electron chi connectivity index (χ4n) is 4.07. The fourth-order valence-corrected chi connectivity index (χ4v) is 4.07. The van der Waals surface area contributed by atoms with E-state index in [1.165, 1.54) is 11.1 Å². The number of Topliss-reactive ketones (excluding diaryl/α,β-unsaturated/α-hetero) is 1. The van der Waals surface area contributed by atoms with Crippen LogP contribution in [0, 0.1) is 5.41 Å². The van der Waals surface area contributed by atoms with E-state index in [0.29, 0.717) is 6.42 Å². The predicted octanol–water partition coefficient (Wildman–Crippen LogP) is 6.87. The van der Waals surface area contributed by atoms with Crippen molar-refractivity contribution < 1.29 is 4.79 Å². The molecule has 3 rings (SSSR count). The van der Waals surface area contributed by atoms with Crippen LogP contribution in [0.5, 0.6) is 0 Å². The molecule has 0 bridgehead atoms. The summed E-state index contributed by atoms with van der Waals surface area (Å²) in [6.07, 6.45) is 0.505. The molecule has 2 atom stereocenters. The lowest BCUT2D eigenvalue weighted by molar-refractivity contribution is 0.0960. The standard InChI is InChI=1S/C26H28O/c1-26(2,3)25(22-17-11-6-12-18-22)23(20-13-7-4-8-14-20)19-24(27)21-15-9-5-10-16-21/h4-18,23,25H,19H2,1-3H3/t23-,25+/m1/s1. The maximum Gasteiger partial charge on any atom is 0.163 e. The van der Waals surface area contributed by atoms with Crippen LogP contribution in [0.15, 0.2) is 91.0 Å².